The lowest BCUT2D eigenvalue weighted by molar-refractivity contribution is 0.164. The zero-order chi connectivity index (χ0) is 22.8. The third-order valence-electron chi connectivity index (χ3n) is 5.83. The maximum atomic E-state index is 5.36. The Bertz CT molecular complexity index is 852. The van der Waals surface area contributed by atoms with E-state index in [0.717, 1.165) is 49.3 Å². The normalized spacial score (nSPS) is 15.3. The average Bonchev–Trinajstić information content (AvgIpc) is 2.83. The molecular formula is C25H39IN6O. The highest BCUT2D eigenvalue weighted by Crippen LogP contribution is 2.26. The van der Waals surface area contributed by atoms with Crippen molar-refractivity contribution < 1.29 is 4.74 Å². The number of halogens is 1. The third-order valence-corrected chi connectivity index (χ3v) is 5.83. The van der Waals surface area contributed by atoms with E-state index in [1.54, 1.807) is 7.11 Å². The molecule has 1 aromatic heterocycles. The van der Waals surface area contributed by atoms with Gasteiger partial charge in [-0.1, -0.05) is 18.6 Å². The molecule has 1 fully saturated rings. The lowest BCUT2D eigenvalue weighted by Gasteiger charge is -2.35. The number of anilines is 1. The predicted molar refractivity (Wildman–Crippen MR) is 148 cm³/mol. The summed E-state index contributed by atoms with van der Waals surface area (Å²) in [5.41, 5.74) is 2.45. The second-order valence-electron chi connectivity index (χ2n) is 8.38. The quantitative estimate of drug-likeness (QED) is 0.271. The molecule has 0 aliphatic carbocycles. The number of aromatic nitrogens is 1. The number of piperidine rings is 1. The summed E-state index contributed by atoms with van der Waals surface area (Å²) < 4.78 is 5.36. The van der Waals surface area contributed by atoms with Crippen LogP contribution in [0.15, 0.2) is 47.6 Å². The highest BCUT2D eigenvalue weighted by Gasteiger charge is 2.22. The molecule has 0 radical (unpaired) electrons. The summed E-state index contributed by atoms with van der Waals surface area (Å²) in [4.78, 5) is 13.8. The lowest BCUT2D eigenvalue weighted by atomic mass is 10.0. The minimum Gasteiger partial charge on any atom is -0.497 e. The van der Waals surface area contributed by atoms with Crippen LogP contribution in [0.4, 0.5) is 5.82 Å². The Labute approximate surface area is 216 Å². The Balaban J connectivity index is 0.00000385. The molecule has 2 aromatic rings. The number of likely N-dealkylation sites (tertiary alicyclic amines) is 1. The molecule has 2 N–H and O–H groups in total. The molecule has 1 aliphatic heterocycles. The van der Waals surface area contributed by atoms with Crippen molar-refractivity contribution in [2.24, 2.45) is 4.99 Å². The Hall–Kier alpha value is -2.07. The summed E-state index contributed by atoms with van der Waals surface area (Å²) in [6.07, 6.45) is 5.69. The molecule has 182 valence electrons. The van der Waals surface area contributed by atoms with Crippen LogP contribution in [0.25, 0.3) is 0 Å². The molecule has 2 heterocycles. The van der Waals surface area contributed by atoms with Crippen LogP contribution in [0, 0.1) is 0 Å². The zero-order valence-electron chi connectivity index (χ0n) is 20.4. The van der Waals surface area contributed by atoms with Gasteiger partial charge in [-0.05, 0) is 68.2 Å². The molecular weight excluding hydrogens is 527 g/mol. The molecule has 1 saturated heterocycles. The molecule has 0 spiro atoms. The van der Waals surface area contributed by atoms with Crippen molar-refractivity contribution in [3.63, 3.8) is 0 Å². The van der Waals surface area contributed by atoms with Gasteiger partial charge in [0.15, 0.2) is 5.96 Å². The van der Waals surface area contributed by atoms with E-state index in [1.165, 1.54) is 24.8 Å². The minimum absolute atomic E-state index is 0. The van der Waals surface area contributed by atoms with Gasteiger partial charge in [-0.15, -0.1) is 24.0 Å². The molecule has 1 aromatic carbocycles. The Morgan fingerprint density at radius 1 is 1.12 bits per heavy atom. The molecule has 33 heavy (non-hydrogen) atoms. The highest BCUT2D eigenvalue weighted by atomic mass is 127. The molecule has 0 amide bonds. The maximum absolute atomic E-state index is 5.36. The Kier molecular flexibility index (Phi) is 11.7. The summed E-state index contributed by atoms with van der Waals surface area (Å²) in [7, 11) is 5.71. The van der Waals surface area contributed by atoms with Gasteiger partial charge < -0.3 is 20.3 Å². The molecule has 1 unspecified atom stereocenters. The van der Waals surface area contributed by atoms with Crippen LogP contribution in [0.5, 0.6) is 5.75 Å². The van der Waals surface area contributed by atoms with Crippen molar-refractivity contribution in [3.8, 4) is 5.75 Å². The van der Waals surface area contributed by atoms with Gasteiger partial charge >= 0.3 is 0 Å². The van der Waals surface area contributed by atoms with Gasteiger partial charge in [0.25, 0.3) is 0 Å². The van der Waals surface area contributed by atoms with E-state index in [9.17, 15) is 0 Å². The summed E-state index contributed by atoms with van der Waals surface area (Å²) in [5.74, 6) is 2.68. The van der Waals surface area contributed by atoms with Gasteiger partial charge in [0.1, 0.15) is 11.6 Å². The standard InChI is InChI=1S/C25H38N6O.HI/c1-5-26-25(28-18-20-13-14-27-24(17-20)30(2)3)29-19-23(31-15-7-6-8-16-31)21-9-11-22(32-4)12-10-21;/h9-14,17,23H,5-8,15-16,18-19H2,1-4H3,(H2,26,28,29);1H. The third kappa shape index (κ3) is 8.33. The Morgan fingerprint density at radius 3 is 2.48 bits per heavy atom. The first kappa shape index (κ1) is 27.2. The van der Waals surface area contributed by atoms with E-state index in [4.69, 9.17) is 9.73 Å². The molecule has 0 saturated carbocycles. The first-order chi connectivity index (χ1) is 15.6. The fourth-order valence-corrected chi connectivity index (χ4v) is 4.02. The van der Waals surface area contributed by atoms with E-state index >= 15 is 0 Å². The summed E-state index contributed by atoms with van der Waals surface area (Å²) in [5, 5.41) is 6.99. The second-order valence-corrected chi connectivity index (χ2v) is 8.38. The van der Waals surface area contributed by atoms with Crippen molar-refractivity contribution in [2.75, 3.05) is 52.3 Å². The smallest absolute Gasteiger partial charge is 0.191 e. The van der Waals surface area contributed by atoms with Crippen molar-refractivity contribution in [3.05, 3.63) is 53.7 Å². The van der Waals surface area contributed by atoms with E-state index in [-0.39, 0.29) is 24.0 Å². The zero-order valence-corrected chi connectivity index (χ0v) is 22.7. The van der Waals surface area contributed by atoms with Gasteiger partial charge in [-0.2, -0.15) is 0 Å². The number of methoxy groups -OCH3 is 1. The van der Waals surface area contributed by atoms with Crippen LogP contribution in [-0.4, -0.2) is 63.2 Å². The number of nitrogens with zero attached hydrogens (tertiary/aromatic N) is 4. The van der Waals surface area contributed by atoms with Gasteiger partial charge in [-0.25, -0.2) is 9.98 Å². The van der Waals surface area contributed by atoms with Gasteiger partial charge in [0.05, 0.1) is 19.7 Å². The van der Waals surface area contributed by atoms with Crippen LogP contribution in [-0.2, 0) is 6.54 Å². The molecule has 0 bridgehead atoms. The van der Waals surface area contributed by atoms with Crippen molar-refractivity contribution >= 4 is 35.8 Å². The average molecular weight is 567 g/mol. The van der Waals surface area contributed by atoms with Crippen molar-refractivity contribution in [2.45, 2.75) is 38.8 Å². The number of benzene rings is 1. The van der Waals surface area contributed by atoms with E-state index in [1.807, 2.05) is 31.3 Å². The van der Waals surface area contributed by atoms with Crippen LogP contribution >= 0.6 is 24.0 Å². The predicted octanol–water partition coefficient (Wildman–Crippen LogP) is 4.06. The van der Waals surface area contributed by atoms with Crippen LogP contribution in [0.1, 0.15) is 43.4 Å². The number of nitrogens with one attached hydrogen (secondary N) is 2. The minimum atomic E-state index is 0. The van der Waals surface area contributed by atoms with E-state index < -0.39 is 0 Å². The largest absolute Gasteiger partial charge is 0.497 e. The van der Waals surface area contributed by atoms with E-state index in [2.05, 4.69) is 57.8 Å². The number of guanidine groups is 1. The first-order valence-electron chi connectivity index (χ1n) is 11.6. The monoisotopic (exact) mass is 566 g/mol. The Morgan fingerprint density at radius 2 is 1.85 bits per heavy atom. The fourth-order valence-electron chi connectivity index (χ4n) is 4.02. The summed E-state index contributed by atoms with van der Waals surface area (Å²) >= 11 is 0. The van der Waals surface area contributed by atoms with E-state index in [0.29, 0.717) is 12.6 Å². The van der Waals surface area contributed by atoms with Gasteiger partial charge in [0, 0.05) is 33.4 Å². The van der Waals surface area contributed by atoms with Crippen molar-refractivity contribution in [1.29, 1.82) is 0 Å². The summed E-state index contributed by atoms with van der Waals surface area (Å²) in [6.45, 7) is 6.60. The van der Waals surface area contributed by atoms with Crippen molar-refractivity contribution in [1.82, 2.24) is 20.5 Å². The number of pyridine rings is 1. The second kappa shape index (κ2) is 14.2. The number of aliphatic imine (C=N–C) groups is 1. The first-order valence-corrected chi connectivity index (χ1v) is 11.6. The van der Waals surface area contributed by atoms with Crippen LogP contribution in [0.2, 0.25) is 0 Å². The summed E-state index contributed by atoms with van der Waals surface area (Å²) in [6, 6.07) is 12.9. The molecule has 1 atom stereocenters. The molecule has 7 nitrogen and oxygen atoms in total. The number of hydrogen-bond acceptors (Lipinski definition) is 5. The lowest BCUT2D eigenvalue weighted by Crippen LogP contribution is -2.44. The highest BCUT2D eigenvalue weighted by molar-refractivity contribution is 14.0. The molecule has 8 heteroatoms. The SMILES string of the molecule is CCNC(=NCc1ccnc(N(C)C)c1)NCC(c1ccc(OC)cc1)N1CCCCC1.I. The number of ether oxygens (including phenoxy) is 1. The molecule has 3 rings (SSSR count). The van der Waals surface area contributed by atoms with Crippen LogP contribution < -0.4 is 20.3 Å². The number of rotatable bonds is 9. The maximum Gasteiger partial charge on any atom is 0.191 e. The van der Waals surface area contributed by atoms with Gasteiger partial charge in [-0.3, -0.25) is 4.90 Å². The number of hydrogen-bond donors (Lipinski definition) is 2. The topological polar surface area (TPSA) is 65.0 Å². The molecule has 1 aliphatic rings. The fraction of sp³-hybridized carbons (Fsp3) is 0.520. The van der Waals surface area contributed by atoms with Crippen LogP contribution in [0.3, 0.4) is 0 Å². The van der Waals surface area contributed by atoms with Gasteiger partial charge in [0.2, 0.25) is 0 Å².